The van der Waals surface area contributed by atoms with Crippen LogP contribution in [0.15, 0.2) is 30.5 Å². The molecule has 1 aromatic heterocycles. The van der Waals surface area contributed by atoms with Crippen LogP contribution in [0, 0.1) is 11.8 Å². The van der Waals surface area contributed by atoms with Crippen molar-refractivity contribution < 1.29 is 87.5 Å². The van der Waals surface area contributed by atoms with Crippen molar-refractivity contribution >= 4 is 106 Å². The molecular formula is C49H73N13O18S. The summed E-state index contributed by atoms with van der Waals surface area (Å²) in [5, 5.41) is 61.7. The first-order valence-electron chi connectivity index (χ1n) is 25.3. The second kappa shape index (κ2) is 33.9. The molecule has 2 aromatic rings. The monoisotopic (exact) mass is 1160 g/mol. The lowest BCUT2D eigenvalue weighted by Crippen LogP contribution is -2.60. The van der Waals surface area contributed by atoms with Gasteiger partial charge in [-0.1, -0.05) is 52.3 Å². The molecule has 11 amide bonds. The van der Waals surface area contributed by atoms with Gasteiger partial charge in [0.2, 0.25) is 65.0 Å². The number of carboxylic acid groups (broad SMARTS) is 3. The number of aromatic nitrogens is 1. The van der Waals surface area contributed by atoms with Crippen LogP contribution in [0.2, 0.25) is 0 Å². The number of amides is 11. The van der Waals surface area contributed by atoms with Crippen LogP contribution in [0.4, 0.5) is 0 Å². The Morgan fingerprint density at radius 2 is 1.09 bits per heavy atom. The van der Waals surface area contributed by atoms with E-state index in [1.165, 1.54) is 18.7 Å². The number of para-hydroxylation sites is 1. The Kier molecular flexibility index (Phi) is 28.8. The molecule has 0 aliphatic carbocycles. The third-order valence-corrected chi connectivity index (χ3v) is 12.9. The fourth-order valence-corrected chi connectivity index (χ4v) is 7.92. The third-order valence-electron chi connectivity index (χ3n) is 12.3. The predicted octanol–water partition coefficient (Wildman–Crippen LogP) is -5.47. The molecule has 1 aromatic carbocycles. The normalized spacial score (nSPS) is 14.7. The van der Waals surface area contributed by atoms with Crippen molar-refractivity contribution in [2.75, 3.05) is 31.7 Å². The van der Waals surface area contributed by atoms with Crippen LogP contribution in [-0.4, -0.2) is 194 Å². The first-order chi connectivity index (χ1) is 38.0. The first kappa shape index (κ1) is 68.7. The minimum absolute atomic E-state index is 0.100. The number of hydrogen-bond donors (Lipinski definition) is 17. The molecule has 0 radical (unpaired) electrons. The Hall–Kier alpha value is -8.39. The number of carboxylic acids is 3. The minimum atomic E-state index is -1.95. The highest BCUT2D eigenvalue weighted by Gasteiger charge is 2.35. The molecular weight excluding hydrogens is 1090 g/mol. The SMILES string of the molecule is CC[C@H](C)[C@H](N)C(=O)N[C@H](C(=O)N[C@@H](CO)C(=O)N[C@@H](CC(=O)O)C(=O)NCC(=O)N[C@@H](CC(=O)O)C(=O)NCC(=O)N[C@@H](CCSC)C(=O)N[C@@H](CC(N)=O)C(=O)N[C@@H](C)C(=O)N[C@@H](Cc1c[nH]c2ccccc12)C(=O)O)C(C)C. The van der Waals surface area contributed by atoms with E-state index in [0.717, 1.165) is 10.9 Å². The number of hydrogen-bond acceptors (Lipinski definition) is 17. The molecule has 0 bridgehead atoms. The highest BCUT2D eigenvalue weighted by molar-refractivity contribution is 7.98. The van der Waals surface area contributed by atoms with Crippen molar-refractivity contribution in [3.8, 4) is 0 Å². The van der Waals surface area contributed by atoms with E-state index in [0.29, 0.717) is 12.0 Å². The van der Waals surface area contributed by atoms with Gasteiger partial charge in [-0.2, -0.15) is 11.8 Å². The predicted molar refractivity (Wildman–Crippen MR) is 287 cm³/mol. The summed E-state index contributed by atoms with van der Waals surface area (Å²) in [4.78, 5) is 182. The topological polar surface area (TPSA) is 508 Å². The summed E-state index contributed by atoms with van der Waals surface area (Å²) < 4.78 is 0. The Bertz CT molecular complexity index is 2620. The molecule has 31 nitrogen and oxygen atoms in total. The zero-order valence-electron chi connectivity index (χ0n) is 45.4. The average Bonchev–Trinajstić information content (AvgIpc) is 3.89. The largest absolute Gasteiger partial charge is 0.481 e. The lowest BCUT2D eigenvalue weighted by Gasteiger charge is -2.27. The van der Waals surface area contributed by atoms with Gasteiger partial charge in [-0.25, -0.2) is 4.79 Å². The van der Waals surface area contributed by atoms with Crippen LogP contribution in [-0.2, 0) is 73.5 Å². The average molecular weight is 1160 g/mol. The Morgan fingerprint density at radius 3 is 1.59 bits per heavy atom. The van der Waals surface area contributed by atoms with Crippen LogP contribution in [0.1, 0.15) is 72.3 Å². The molecule has 2 rings (SSSR count). The number of aliphatic carboxylic acids is 3. The van der Waals surface area contributed by atoms with Crippen LogP contribution in [0.25, 0.3) is 10.9 Å². The number of aliphatic hydroxyl groups is 1. The van der Waals surface area contributed by atoms with Gasteiger partial charge >= 0.3 is 17.9 Å². The summed E-state index contributed by atoms with van der Waals surface area (Å²) in [5.41, 5.74) is 12.7. The number of aliphatic hydroxyl groups excluding tert-OH is 1. The maximum absolute atomic E-state index is 13.6. The van der Waals surface area contributed by atoms with E-state index in [1.807, 2.05) is 17.6 Å². The Morgan fingerprint density at radius 1 is 0.593 bits per heavy atom. The second-order valence-electron chi connectivity index (χ2n) is 19.0. The van der Waals surface area contributed by atoms with Gasteiger partial charge in [0.15, 0.2) is 0 Å². The number of nitrogens with one attached hydrogen (secondary N) is 11. The van der Waals surface area contributed by atoms with Crippen LogP contribution in [0.3, 0.4) is 0 Å². The van der Waals surface area contributed by atoms with Crippen molar-refractivity contribution in [2.24, 2.45) is 23.3 Å². The molecule has 0 unspecified atom stereocenters. The molecule has 19 N–H and O–H groups in total. The summed E-state index contributed by atoms with van der Waals surface area (Å²) in [6.07, 6.45) is 0.600. The number of primary amides is 1. The van der Waals surface area contributed by atoms with Gasteiger partial charge in [-0.3, -0.25) is 62.3 Å². The molecule has 10 atom stereocenters. The number of carbonyl (C=O) groups is 14. The van der Waals surface area contributed by atoms with Crippen molar-refractivity contribution in [3.05, 3.63) is 36.0 Å². The quantitative estimate of drug-likeness (QED) is 0.0303. The number of aromatic amines is 1. The highest BCUT2D eigenvalue weighted by Crippen LogP contribution is 2.19. The molecule has 0 aliphatic rings. The molecule has 81 heavy (non-hydrogen) atoms. The van der Waals surface area contributed by atoms with Gasteiger partial charge < -0.3 is 90.0 Å². The smallest absolute Gasteiger partial charge is 0.326 e. The standard InChI is InChI=1S/C49H73N13O18S/c1-7-23(4)39(51)47(77)62-40(22(2)3)48(78)61-33(21-63)46(76)59-31(17-38(69)70)43(73)54-20-36(66)57-30(16-37(67)68)42(72)53-19-35(65)56-28(12-13-81-6)44(74)58-29(15-34(50)64)45(75)55-24(5)41(71)60-32(49(79)80)14-25-18-52-27-11-9-8-10-26(25)27/h8-11,18,22-24,28-33,39-40,52,63H,7,12-17,19-21,51H2,1-6H3,(H2,50,64)(H,53,72)(H,54,73)(H,55,75)(H,56,65)(H,57,66)(H,58,74)(H,59,76)(H,60,71)(H,61,78)(H,62,77)(H,67,68)(H,69,70)(H,79,80)/t23-,24-,28-,29-,30-,31-,32-,33-,39-,40-/m0/s1. The summed E-state index contributed by atoms with van der Waals surface area (Å²) in [7, 11) is 0. The zero-order valence-corrected chi connectivity index (χ0v) is 46.2. The van der Waals surface area contributed by atoms with Gasteiger partial charge in [0, 0.05) is 23.5 Å². The molecule has 32 heteroatoms. The molecule has 0 saturated carbocycles. The Labute approximate surface area is 468 Å². The lowest BCUT2D eigenvalue weighted by molar-refractivity contribution is -0.142. The van der Waals surface area contributed by atoms with E-state index in [2.05, 4.69) is 47.5 Å². The number of rotatable bonds is 36. The van der Waals surface area contributed by atoms with E-state index in [4.69, 9.17) is 11.5 Å². The van der Waals surface area contributed by atoms with Crippen LogP contribution < -0.4 is 64.6 Å². The molecule has 0 fully saturated rings. The molecule has 0 saturated heterocycles. The van der Waals surface area contributed by atoms with Gasteiger partial charge in [0.1, 0.15) is 48.3 Å². The first-order valence-corrected chi connectivity index (χ1v) is 26.7. The Balaban J connectivity index is 2.08. The zero-order chi connectivity index (χ0) is 61.3. The summed E-state index contributed by atoms with van der Waals surface area (Å²) >= 11 is 1.24. The van der Waals surface area contributed by atoms with Crippen molar-refractivity contribution in [2.45, 2.75) is 128 Å². The number of fused-ring (bicyclic) bond motifs is 1. The maximum Gasteiger partial charge on any atom is 0.326 e. The fourth-order valence-electron chi connectivity index (χ4n) is 7.45. The van der Waals surface area contributed by atoms with Crippen molar-refractivity contribution in [1.29, 1.82) is 0 Å². The second-order valence-corrected chi connectivity index (χ2v) is 20.0. The lowest BCUT2D eigenvalue weighted by atomic mass is 9.97. The maximum atomic E-state index is 13.6. The summed E-state index contributed by atoms with van der Waals surface area (Å²) in [6.45, 7) is 4.85. The van der Waals surface area contributed by atoms with E-state index in [9.17, 15) is 87.5 Å². The van der Waals surface area contributed by atoms with Gasteiger partial charge in [0.05, 0.1) is 45.0 Å². The highest BCUT2D eigenvalue weighted by atomic mass is 32.2. The van der Waals surface area contributed by atoms with Crippen molar-refractivity contribution in [1.82, 2.24) is 58.2 Å². The van der Waals surface area contributed by atoms with Crippen molar-refractivity contribution in [3.63, 3.8) is 0 Å². The third kappa shape index (κ3) is 23.5. The van der Waals surface area contributed by atoms with Gasteiger partial charge in [-0.05, 0) is 48.8 Å². The molecule has 0 aliphatic heterocycles. The van der Waals surface area contributed by atoms with Crippen LogP contribution >= 0.6 is 11.8 Å². The molecule has 0 spiro atoms. The van der Waals surface area contributed by atoms with E-state index in [-0.39, 0.29) is 24.5 Å². The van der Waals surface area contributed by atoms with E-state index < -0.39 is 182 Å². The number of nitrogens with two attached hydrogens (primary N) is 2. The van der Waals surface area contributed by atoms with Crippen LogP contribution in [0.5, 0.6) is 0 Å². The minimum Gasteiger partial charge on any atom is -0.481 e. The van der Waals surface area contributed by atoms with Gasteiger partial charge in [-0.15, -0.1) is 0 Å². The summed E-state index contributed by atoms with van der Waals surface area (Å²) in [6, 6.07) is -6.85. The fraction of sp³-hybridized carbons (Fsp3) is 0.551. The van der Waals surface area contributed by atoms with E-state index >= 15 is 0 Å². The van der Waals surface area contributed by atoms with Gasteiger partial charge in [0.25, 0.3) is 0 Å². The number of carbonyl (C=O) groups excluding carboxylic acids is 11. The number of H-pyrrole nitrogens is 1. The summed E-state index contributed by atoms with van der Waals surface area (Å²) in [5.74, 6) is -17.0. The number of benzene rings is 1. The number of thioether (sulfide) groups is 1. The molecule has 448 valence electrons. The molecule has 1 heterocycles. The van der Waals surface area contributed by atoms with E-state index in [1.54, 1.807) is 57.5 Å².